The maximum Gasteiger partial charge on any atom is 0.188 e. The van der Waals surface area contributed by atoms with Crippen LogP contribution in [0.5, 0.6) is 0 Å². The molecule has 0 bridgehead atoms. The minimum atomic E-state index is -0.0243. The first kappa shape index (κ1) is 12.5. The molecule has 0 aliphatic rings. The van der Waals surface area contributed by atoms with Gasteiger partial charge in [-0.25, -0.2) is 0 Å². The molecule has 0 unspecified atom stereocenters. The molecule has 0 aliphatic heterocycles. The van der Waals surface area contributed by atoms with Crippen LogP contribution in [-0.2, 0) is 4.74 Å². The highest BCUT2D eigenvalue weighted by atomic mass is 16.5. The van der Waals surface area contributed by atoms with Gasteiger partial charge in [-0.3, -0.25) is 4.79 Å². The first-order chi connectivity index (χ1) is 7.65. The number of carbonyl (C=O) groups excluding carboxylic acids is 1. The highest BCUT2D eigenvalue weighted by Crippen LogP contribution is 2.15. The van der Waals surface area contributed by atoms with Crippen molar-refractivity contribution in [3.63, 3.8) is 0 Å². The Morgan fingerprint density at radius 1 is 1.31 bits per heavy atom. The van der Waals surface area contributed by atoms with Gasteiger partial charge in [-0.1, -0.05) is 38.1 Å². The lowest BCUT2D eigenvalue weighted by atomic mass is 10.0. The fourth-order valence-electron chi connectivity index (χ4n) is 1.33. The molecule has 0 aliphatic carbocycles. The quantitative estimate of drug-likeness (QED) is 0.429. The van der Waals surface area contributed by atoms with Crippen LogP contribution in [-0.4, -0.2) is 12.4 Å². The van der Waals surface area contributed by atoms with Crippen molar-refractivity contribution in [1.29, 1.82) is 0 Å². The highest BCUT2D eigenvalue weighted by Gasteiger charge is 2.03. The SMILES string of the molecule is CCOC=CC(=O)c1ccc(C(C)C)cc1. The molecule has 0 fully saturated rings. The Labute approximate surface area is 96.9 Å². The third-order valence-corrected chi connectivity index (χ3v) is 2.34. The van der Waals surface area contributed by atoms with Crippen LogP contribution >= 0.6 is 0 Å². The number of ketones is 1. The van der Waals surface area contributed by atoms with Gasteiger partial charge in [0, 0.05) is 11.6 Å². The zero-order valence-electron chi connectivity index (χ0n) is 10.1. The van der Waals surface area contributed by atoms with Crippen LogP contribution in [0.15, 0.2) is 36.6 Å². The smallest absolute Gasteiger partial charge is 0.188 e. The monoisotopic (exact) mass is 218 g/mol. The Morgan fingerprint density at radius 2 is 1.94 bits per heavy atom. The summed E-state index contributed by atoms with van der Waals surface area (Å²) in [6.45, 7) is 6.72. The predicted molar refractivity (Wildman–Crippen MR) is 65.6 cm³/mol. The fraction of sp³-hybridized carbons (Fsp3) is 0.357. The molecule has 0 saturated carbocycles. The van der Waals surface area contributed by atoms with E-state index in [9.17, 15) is 4.79 Å². The molecule has 0 atom stereocenters. The van der Waals surface area contributed by atoms with E-state index in [1.54, 1.807) is 0 Å². The molecule has 16 heavy (non-hydrogen) atoms. The molecule has 2 heteroatoms. The van der Waals surface area contributed by atoms with E-state index in [1.807, 2.05) is 31.2 Å². The molecule has 0 saturated heterocycles. The van der Waals surface area contributed by atoms with Gasteiger partial charge in [-0.2, -0.15) is 0 Å². The largest absolute Gasteiger partial charge is 0.501 e. The average molecular weight is 218 g/mol. The normalized spacial score (nSPS) is 11.0. The summed E-state index contributed by atoms with van der Waals surface area (Å²) in [5, 5.41) is 0. The molecule has 1 aromatic carbocycles. The van der Waals surface area contributed by atoms with E-state index >= 15 is 0 Å². The van der Waals surface area contributed by atoms with Gasteiger partial charge in [0.15, 0.2) is 5.78 Å². The van der Waals surface area contributed by atoms with E-state index in [4.69, 9.17) is 4.74 Å². The summed E-state index contributed by atoms with van der Waals surface area (Å²) in [6.07, 6.45) is 2.90. The summed E-state index contributed by atoms with van der Waals surface area (Å²) in [7, 11) is 0. The second-order valence-electron chi connectivity index (χ2n) is 3.90. The molecular weight excluding hydrogens is 200 g/mol. The summed E-state index contributed by atoms with van der Waals surface area (Å²) in [5.74, 6) is 0.465. The molecule has 0 heterocycles. The topological polar surface area (TPSA) is 26.3 Å². The average Bonchev–Trinajstić information content (AvgIpc) is 2.29. The number of ether oxygens (including phenoxy) is 1. The molecule has 2 nitrogen and oxygen atoms in total. The van der Waals surface area contributed by atoms with Gasteiger partial charge in [0.25, 0.3) is 0 Å². The van der Waals surface area contributed by atoms with Crippen LogP contribution in [0.25, 0.3) is 0 Å². The molecule has 0 spiro atoms. The van der Waals surface area contributed by atoms with Gasteiger partial charge in [-0.05, 0) is 18.4 Å². The third-order valence-electron chi connectivity index (χ3n) is 2.34. The number of hydrogen-bond acceptors (Lipinski definition) is 2. The summed E-state index contributed by atoms with van der Waals surface area (Å²) in [5.41, 5.74) is 1.94. The Balaban J connectivity index is 2.70. The Bertz CT molecular complexity index is 361. The van der Waals surface area contributed by atoms with E-state index in [2.05, 4.69) is 13.8 Å². The lowest BCUT2D eigenvalue weighted by Crippen LogP contribution is -1.96. The van der Waals surface area contributed by atoms with E-state index in [-0.39, 0.29) is 5.78 Å². The van der Waals surface area contributed by atoms with E-state index in [0.29, 0.717) is 18.1 Å². The van der Waals surface area contributed by atoms with Gasteiger partial charge < -0.3 is 4.74 Å². The minimum absolute atomic E-state index is 0.0243. The molecule has 1 aromatic rings. The molecule has 0 radical (unpaired) electrons. The molecule has 0 N–H and O–H groups in total. The standard InChI is InChI=1S/C14H18O2/c1-4-16-10-9-14(15)13-7-5-12(6-8-13)11(2)3/h5-11H,4H2,1-3H3. The van der Waals surface area contributed by atoms with Crippen molar-refractivity contribution in [2.45, 2.75) is 26.7 Å². The van der Waals surface area contributed by atoms with Crippen molar-refractivity contribution >= 4 is 5.78 Å². The number of rotatable bonds is 5. The van der Waals surface area contributed by atoms with Gasteiger partial charge in [0.1, 0.15) is 0 Å². The van der Waals surface area contributed by atoms with Crippen LogP contribution in [0.1, 0.15) is 42.6 Å². The van der Waals surface area contributed by atoms with Crippen LogP contribution in [0, 0.1) is 0 Å². The molecule has 0 aromatic heterocycles. The van der Waals surface area contributed by atoms with E-state index in [1.165, 1.54) is 17.9 Å². The Hall–Kier alpha value is -1.57. The Kier molecular flexibility index (Phi) is 4.77. The molecular formula is C14H18O2. The minimum Gasteiger partial charge on any atom is -0.501 e. The van der Waals surface area contributed by atoms with Crippen molar-refractivity contribution < 1.29 is 9.53 Å². The highest BCUT2D eigenvalue weighted by molar-refractivity contribution is 6.04. The third kappa shape index (κ3) is 3.54. The van der Waals surface area contributed by atoms with Crippen LogP contribution < -0.4 is 0 Å². The van der Waals surface area contributed by atoms with Crippen molar-refractivity contribution in [2.75, 3.05) is 6.61 Å². The maximum atomic E-state index is 11.6. The summed E-state index contributed by atoms with van der Waals surface area (Å²) in [6, 6.07) is 7.70. The van der Waals surface area contributed by atoms with Crippen molar-refractivity contribution in [3.05, 3.63) is 47.7 Å². The summed E-state index contributed by atoms with van der Waals surface area (Å²) < 4.78 is 4.99. The number of benzene rings is 1. The lowest BCUT2D eigenvalue weighted by Gasteiger charge is -2.05. The van der Waals surface area contributed by atoms with E-state index in [0.717, 1.165) is 0 Å². The Morgan fingerprint density at radius 3 is 2.44 bits per heavy atom. The van der Waals surface area contributed by atoms with Gasteiger partial charge in [-0.15, -0.1) is 0 Å². The first-order valence-electron chi connectivity index (χ1n) is 5.57. The van der Waals surface area contributed by atoms with Crippen molar-refractivity contribution in [3.8, 4) is 0 Å². The fourth-order valence-corrected chi connectivity index (χ4v) is 1.33. The zero-order chi connectivity index (χ0) is 12.0. The second-order valence-corrected chi connectivity index (χ2v) is 3.90. The number of allylic oxidation sites excluding steroid dienone is 1. The first-order valence-corrected chi connectivity index (χ1v) is 5.57. The predicted octanol–water partition coefficient (Wildman–Crippen LogP) is 3.54. The molecule has 0 amide bonds. The van der Waals surface area contributed by atoms with Crippen LogP contribution in [0.3, 0.4) is 0 Å². The summed E-state index contributed by atoms with van der Waals surface area (Å²) >= 11 is 0. The molecule has 1 rings (SSSR count). The van der Waals surface area contributed by atoms with Crippen LogP contribution in [0.2, 0.25) is 0 Å². The second kappa shape index (κ2) is 6.11. The number of carbonyl (C=O) groups is 1. The van der Waals surface area contributed by atoms with Crippen molar-refractivity contribution in [1.82, 2.24) is 0 Å². The lowest BCUT2D eigenvalue weighted by molar-refractivity contribution is 0.104. The van der Waals surface area contributed by atoms with Gasteiger partial charge in [0.05, 0.1) is 12.9 Å². The van der Waals surface area contributed by atoms with Gasteiger partial charge in [0.2, 0.25) is 0 Å². The zero-order valence-corrected chi connectivity index (χ0v) is 10.1. The van der Waals surface area contributed by atoms with Gasteiger partial charge >= 0.3 is 0 Å². The molecule has 86 valence electrons. The van der Waals surface area contributed by atoms with E-state index < -0.39 is 0 Å². The van der Waals surface area contributed by atoms with Crippen LogP contribution in [0.4, 0.5) is 0 Å². The summed E-state index contributed by atoms with van der Waals surface area (Å²) in [4.78, 5) is 11.6. The number of hydrogen-bond donors (Lipinski definition) is 0. The van der Waals surface area contributed by atoms with Crippen molar-refractivity contribution in [2.24, 2.45) is 0 Å². The maximum absolute atomic E-state index is 11.6.